The lowest BCUT2D eigenvalue weighted by molar-refractivity contribution is -0.137. The molecule has 1 atom stereocenters. The van der Waals surface area contributed by atoms with Crippen molar-refractivity contribution in [3.63, 3.8) is 0 Å². The highest BCUT2D eigenvalue weighted by Gasteiger charge is 2.31. The summed E-state index contributed by atoms with van der Waals surface area (Å²) in [5, 5.41) is 2.91. The highest BCUT2D eigenvalue weighted by Crippen LogP contribution is 2.32. The van der Waals surface area contributed by atoms with Crippen LogP contribution in [0.25, 0.3) is 0 Å². The Balaban J connectivity index is 1.60. The summed E-state index contributed by atoms with van der Waals surface area (Å²) in [4.78, 5) is 12.4. The maximum absolute atomic E-state index is 13.0. The largest absolute Gasteiger partial charge is 0.416 e. The summed E-state index contributed by atoms with van der Waals surface area (Å²) in [5.41, 5.74) is 2.68. The Bertz CT molecular complexity index is 1080. The number of hydrogen-bond donors (Lipinski definition) is 1. The van der Waals surface area contributed by atoms with Crippen LogP contribution in [0.3, 0.4) is 0 Å². The molecule has 0 saturated heterocycles. The second-order valence-electron chi connectivity index (χ2n) is 8.16. The van der Waals surface area contributed by atoms with Gasteiger partial charge in [0.25, 0.3) is 0 Å². The molecule has 174 valence electrons. The first-order chi connectivity index (χ1) is 14.9. The second-order valence-corrected chi connectivity index (χ2v) is 10.1. The zero-order chi connectivity index (χ0) is 23.5. The molecule has 0 aliphatic heterocycles. The summed E-state index contributed by atoms with van der Waals surface area (Å²) >= 11 is 0. The van der Waals surface area contributed by atoms with Gasteiger partial charge in [0, 0.05) is 13.0 Å². The molecule has 0 heterocycles. The monoisotopic (exact) mass is 468 g/mol. The number of sulfonamides is 1. The number of alkyl halides is 3. The number of hydrogen-bond acceptors (Lipinski definition) is 3. The van der Waals surface area contributed by atoms with Crippen LogP contribution in [-0.2, 0) is 33.8 Å². The molecular formula is C23H27F3N2O3S. The Kier molecular flexibility index (Phi) is 7.17. The molecule has 9 heteroatoms. The molecule has 5 nitrogen and oxygen atoms in total. The lowest BCUT2D eigenvalue weighted by Gasteiger charge is -2.23. The van der Waals surface area contributed by atoms with Crippen molar-refractivity contribution in [3.8, 4) is 0 Å². The standard InChI is InChI=1S/C23H27F3N2O3S/c1-16(18-12-11-17-6-3-7-19(17)14-18)27-22(29)10-5-13-28(32(2,30)31)21-9-4-8-20(15-21)23(24,25)26/h4,8-9,11-12,14-16H,3,5-7,10,13H2,1-2H3,(H,27,29)/t16-/m1/s1. The number of rotatable bonds is 8. The third-order valence-corrected chi connectivity index (χ3v) is 6.82. The van der Waals surface area contributed by atoms with Crippen LogP contribution in [0.5, 0.6) is 0 Å². The average molecular weight is 469 g/mol. The maximum atomic E-state index is 13.0. The molecule has 0 bridgehead atoms. The Hall–Kier alpha value is -2.55. The fourth-order valence-electron chi connectivity index (χ4n) is 3.97. The minimum absolute atomic E-state index is 0.0558. The third-order valence-electron chi connectivity index (χ3n) is 5.63. The lowest BCUT2D eigenvalue weighted by atomic mass is 10.0. The number of nitrogens with one attached hydrogen (secondary N) is 1. The number of anilines is 1. The van der Waals surface area contributed by atoms with Crippen molar-refractivity contribution in [3.05, 3.63) is 64.7 Å². The summed E-state index contributed by atoms with van der Waals surface area (Å²) in [6, 6.07) is 10.2. The van der Waals surface area contributed by atoms with Gasteiger partial charge in [-0.2, -0.15) is 13.2 Å². The molecule has 0 radical (unpaired) electrons. The van der Waals surface area contributed by atoms with E-state index in [2.05, 4.69) is 17.4 Å². The summed E-state index contributed by atoms with van der Waals surface area (Å²) in [5.74, 6) is -0.240. The van der Waals surface area contributed by atoms with Gasteiger partial charge in [-0.05, 0) is 67.5 Å². The fraction of sp³-hybridized carbons (Fsp3) is 0.435. The number of benzene rings is 2. The molecule has 1 aliphatic rings. The molecule has 0 saturated carbocycles. The van der Waals surface area contributed by atoms with Gasteiger partial charge in [0.2, 0.25) is 15.9 Å². The van der Waals surface area contributed by atoms with E-state index in [1.165, 1.54) is 23.3 Å². The van der Waals surface area contributed by atoms with E-state index in [1.807, 2.05) is 13.0 Å². The van der Waals surface area contributed by atoms with E-state index in [0.29, 0.717) is 0 Å². The number of fused-ring (bicyclic) bond motifs is 1. The van der Waals surface area contributed by atoms with E-state index in [1.54, 1.807) is 0 Å². The molecule has 32 heavy (non-hydrogen) atoms. The first-order valence-electron chi connectivity index (χ1n) is 10.5. The van der Waals surface area contributed by atoms with Crippen LogP contribution in [0, 0.1) is 0 Å². The number of aryl methyl sites for hydroxylation is 2. The van der Waals surface area contributed by atoms with Crippen molar-refractivity contribution < 1.29 is 26.4 Å². The van der Waals surface area contributed by atoms with E-state index < -0.39 is 21.8 Å². The van der Waals surface area contributed by atoms with Crippen molar-refractivity contribution >= 4 is 21.6 Å². The normalized spacial score (nSPS) is 14.7. The van der Waals surface area contributed by atoms with Gasteiger partial charge in [0.15, 0.2) is 0 Å². The molecule has 0 spiro atoms. The number of nitrogens with zero attached hydrogens (tertiary/aromatic N) is 1. The maximum Gasteiger partial charge on any atom is 0.416 e. The van der Waals surface area contributed by atoms with Gasteiger partial charge < -0.3 is 5.32 Å². The summed E-state index contributed by atoms with van der Waals surface area (Å²) < 4.78 is 64.2. The van der Waals surface area contributed by atoms with E-state index in [-0.39, 0.29) is 37.0 Å². The van der Waals surface area contributed by atoms with Gasteiger partial charge in [-0.1, -0.05) is 24.3 Å². The Morgan fingerprint density at radius 3 is 2.53 bits per heavy atom. The molecule has 1 aliphatic carbocycles. The topological polar surface area (TPSA) is 66.5 Å². The first kappa shape index (κ1) is 24.1. The molecule has 0 aromatic heterocycles. The predicted molar refractivity (Wildman–Crippen MR) is 118 cm³/mol. The van der Waals surface area contributed by atoms with Crippen molar-refractivity contribution in [2.75, 3.05) is 17.1 Å². The van der Waals surface area contributed by atoms with Crippen molar-refractivity contribution in [2.45, 2.75) is 51.2 Å². The van der Waals surface area contributed by atoms with Crippen LogP contribution in [0.1, 0.15) is 54.5 Å². The minimum Gasteiger partial charge on any atom is -0.350 e. The highest BCUT2D eigenvalue weighted by molar-refractivity contribution is 7.92. The van der Waals surface area contributed by atoms with Crippen LogP contribution in [0.4, 0.5) is 18.9 Å². The van der Waals surface area contributed by atoms with Crippen LogP contribution in [0.15, 0.2) is 42.5 Å². The second kappa shape index (κ2) is 9.52. The predicted octanol–water partition coefficient (Wildman–Crippen LogP) is 4.62. The first-order valence-corrected chi connectivity index (χ1v) is 12.4. The molecule has 2 aromatic carbocycles. The van der Waals surface area contributed by atoms with Gasteiger partial charge in [-0.15, -0.1) is 0 Å². The van der Waals surface area contributed by atoms with Crippen LogP contribution in [0.2, 0.25) is 0 Å². The molecule has 1 N–H and O–H groups in total. The number of amides is 1. The van der Waals surface area contributed by atoms with Crippen molar-refractivity contribution in [1.82, 2.24) is 5.32 Å². The zero-order valence-electron chi connectivity index (χ0n) is 18.1. The molecule has 3 rings (SSSR count). The van der Waals surface area contributed by atoms with Gasteiger partial charge in [-0.25, -0.2) is 8.42 Å². The van der Waals surface area contributed by atoms with Crippen LogP contribution >= 0.6 is 0 Å². The van der Waals surface area contributed by atoms with Crippen molar-refractivity contribution in [2.24, 2.45) is 0 Å². The Morgan fingerprint density at radius 1 is 1.12 bits per heavy atom. The van der Waals surface area contributed by atoms with E-state index in [0.717, 1.165) is 47.5 Å². The van der Waals surface area contributed by atoms with Crippen LogP contribution < -0.4 is 9.62 Å². The van der Waals surface area contributed by atoms with E-state index in [9.17, 15) is 26.4 Å². The number of halogens is 3. The zero-order valence-corrected chi connectivity index (χ0v) is 18.9. The number of carbonyl (C=O) groups is 1. The molecular weight excluding hydrogens is 441 g/mol. The average Bonchev–Trinajstić information content (AvgIpc) is 3.17. The summed E-state index contributed by atoms with van der Waals surface area (Å²) in [7, 11) is -3.82. The molecule has 0 unspecified atom stereocenters. The minimum atomic E-state index is -4.58. The quantitative estimate of drug-likeness (QED) is 0.615. The fourth-order valence-corrected chi connectivity index (χ4v) is 4.92. The van der Waals surface area contributed by atoms with Gasteiger partial charge >= 0.3 is 6.18 Å². The van der Waals surface area contributed by atoms with Gasteiger partial charge in [0.05, 0.1) is 23.5 Å². The smallest absolute Gasteiger partial charge is 0.350 e. The van der Waals surface area contributed by atoms with E-state index >= 15 is 0 Å². The Morgan fingerprint density at radius 2 is 1.84 bits per heavy atom. The summed E-state index contributed by atoms with van der Waals surface area (Å²) in [6.45, 7) is 1.79. The van der Waals surface area contributed by atoms with Crippen LogP contribution in [-0.4, -0.2) is 27.1 Å². The SMILES string of the molecule is C[C@@H](NC(=O)CCCN(c1cccc(C(F)(F)F)c1)S(C)(=O)=O)c1ccc2c(c1)CCC2. The molecule has 2 aromatic rings. The third kappa shape index (κ3) is 6.03. The van der Waals surface area contributed by atoms with Gasteiger partial charge in [-0.3, -0.25) is 9.10 Å². The van der Waals surface area contributed by atoms with Gasteiger partial charge in [0.1, 0.15) is 0 Å². The highest BCUT2D eigenvalue weighted by atomic mass is 32.2. The van der Waals surface area contributed by atoms with E-state index in [4.69, 9.17) is 0 Å². The Labute approximate surface area is 186 Å². The molecule has 1 amide bonds. The van der Waals surface area contributed by atoms with Crippen molar-refractivity contribution in [1.29, 1.82) is 0 Å². The molecule has 0 fully saturated rings. The summed E-state index contributed by atoms with van der Waals surface area (Å²) in [6.07, 6.45) is -0.148. The lowest BCUT2D eigenvalue weighted by Crippen LogP contribution is -2.32. The number of carbonyl (C=O) groups excluding carboxylic acids is 1.